The fourth-order valence-corrected chi connectivity index (χ4v) is 4.05. The largest absolute Gasteiger partial charge is 0.493 e. The van der Waals surface area contributed by atoms with Crippen molar-refractivity contribution in [3.05, 3.63) is 63.4 Å². The molecule has 29 heavy (non-hydrogen) atoms. The van der Waals surface area contributed by atoms with Gasteiger partial charge in [-0.15, -0.1) is 11.3 Å². The highest BCUT2D eigenvalue weighted by Crippen LogP contribution is 2.41. The Kier molecular flexibility index (Phi) is 6.90. The van der Waals surface area contributed by atoms with Crippen molar-refractivity contribution < 1.29 is 24.1 Å². The first-order chi connectivity index (χ1) is 14.1. The number of hydrogen-bond donors (Lipinski definition) is 1. The van der Waals surface area contributed by atoms with E-state index in [1.807, 2.05) is 41.8 Å². The average Bonchev–Trinajstić information content (AvgIpc) is 3.24. The van der Waals surface area contributed by atoms with E-state index in [1.165, 1.54) is 0 Å². The van der Waals surface area contributed by atoms with E-state index in [2.05, 4.69) is 6.92 Å². The van der Waals surface area contributed by atoms with Crippen molar-refractivity contribution in [2.24, 2.45) is 0 Å². The number of thiophene rings is 1. The number of rotatable bonds is 9. The van der Waals surface area contributed by atoms with Gasteiger partial charge in [0.25, 0.3) is 0 Å². The van der Waals surface area contributed by atoms with Crippen LogP contribution in [0.2, 0.25) is 0 Å². The fraction of sp³-hybridized carbons (Fsp3) is 0.261. The molecule has 1 heterocycles. The van der Waals surface area contributed by atoms with Crippen LogP contribution in [0.25, 0.3) is 16.8 Å². The number of benzene rings is 2. The van der Waals surface area contributed by atoms with Gasteiger partial charge in [0.15, 0.2) is 18.3 Å². The van der Waals surface area contributed by atoms with Gasteiger partial charge in [-0.25, -0.2) is 4.79 Å². The number of carbonyl (C=O) groups is 1. The molecule has 0 spiro atoms. The molecule has 1 aromatic heterocycles. The van der Waals surface area contributed by atoms with E-state index in [1.54, 1.807) is 31.6 Å². The van der Waals surface area contributed by atoms with Crippen molar-refractivity contribution in [2.45, 2.75) is 19.8 Å². The van der Waals surface area contributed by atoms with Crippen LogP contribution in [0.3, 0.4) is 0 Å². The van der Waals surface area contributed by atoms with Crippen molar-refractivity contribution in [3.63, 3.8) is 0 Å². The molecule has 0 aliphatic heterocycles. The standard InChI is InChI=1S/C23H24O5S/c1-4-15-7-5-9-19-16(11-17(23(24)25)12-18-8-6-10-29-18)13-20(27-3)22(21(15)19)28-14-26-2/h5-11,13H,4,12,14H2,1-3H3,(H,24,25)/b17-11-. The Morgan fingerprint density at radius 3 is 2.66 bits per heavy atom. The number of carboxylic acid groups (broad SMARTS) is 1. The molecule has 0 radical (unpaired) electrons. The quantitative estimate of drug-likeness (QED) is 0.388. The molecular weight excluding hydrogens is 388 g/mol. The lowest BCUT2D eigenvalue weighted by molar-refractivity contribution is -0.132. The Bertz CT molecular complexity index is 1020. The number of aliphatic carboxylic acids is 1. The Morgan fingerprint density at radius 2 is 2.03 bits per heavy atom. The van der Waals surface area contributed by atoms with Crippen LogP contribution in [0.15, 0.2) is 47.4 Å². The second-order valence-corrected chi connectivity index (χ2v) is 7.50. The predicted octanol–water partition coefficient (Wildman–Crippen LogP) is 5.17. The number of aryl methyl sites for hydroxylation is 1. The third-order valence-electron chi connectivity index (χ3n) is 4.67. The minimum absolute atomic E-state index is 0.0947. The molecule has 0 aliphatic carbocycles. The van der Waals surface area contributed by atoms with Crippen molar-refractivity contribution >= 4 is 34.2 Å². The summed E-state index contributed by atoms with van der Waals surface area (Å²) in [5.41, 5.74) is 2.20. The highest BCUT2D eigenvalue weighted by atomic mass is 32.1. The number of methoxy groups -OCH3 is 2. The van der Waals surface area contributed by atoms with Crippen molar-refractivity contribution in [3.8, 4) is 11.5 Å². The second kappa shape index (κ2) is 9.58. The number of carboxylic acids is 1. The van der Waals surface area contributed by atoms with Crippen LogP contribution in [-0.4, -0.2) is 32.1 Å². The maximum absolute atomic E-state index is 11.9. The van der Waals surface area contributed by atoms with Crippen LogP contribution >= 0.6 is 11.3 Å². The minimum Gasteiger partial charge on any atom is -0.493 e. The van der Waals surface area contributed by atoms with E-state index in [4.69, 9.17) is 14.2 Å². The van der Waals surface area contributed by atoms with Gasteiger partial charge in [-0.2, -0.15) is 0 Å². The molecule has 6 heteroatoms. The van der Waals surface area contributed by atoms with E-state index in [0.717, 1.165) is 33.2 Å². The van der Waals surface area contributed by atoms with Gasteiger partial charge in [0.2, 0.25) is 0 Å². The van der Waals surface area contributed by atoms with Gasteiger partial charge in [-0.3, -0.25) is 0 Å². The number of ether oxygens (including phenoxy) is 3. The third kappa shape index (κ3) is 4.60. The molecular formula is C23H24O5S. The summed E-state index contributed by atoms with van der Waals surface area (Å²) in [5.74, 6) is 0.216. The Hall–Kier alpha value is -2.83. The van der Waals surface area contributed by atoms with Crippen molar-refractivity contribution in [1.82, 2.24) is 0 Å². The van der Waals surface area contributed by atoms with E-state index >= 15 is 0 Å². The van der Waals surface area contributed by atoms with Crippen LogP contribution in [-0.2, 0) is 22.4 Å². The van der Waals surface area contributed by atoms with Gasteiger partial charge >= 0.3 is 5.97 Å². The molecule has 2 aromatic carbocycles. The summed E-state index contributed by atoms with van der Waals surface area (Å²) in [6.07, 6.45) is 2.90. The molecule has 3 rings (SSSR count). The Balaban J connectivity index is 2.23. The second-order valence-electron chi connectivity index (χ2n) is 6.47. The summed E-state index contributed by atoms with van der Waals surface area (Å²) < 4.78 is 16.5. The lowest BCUT2D eigenvalue weighted by atomic mass is 9.95. The summed E-state index contributed by atoms with van der Waals surface area (Å²) in [5, 5.41) is 13.5. The van der Waals surface area contributed by atoms with Gasteiger partial charge in [0.05, 0.1) is 7.11 Å². The molecule has 0 atom stereocenters. The zero-order valence-electron chi connectivity index (χ0n) is 16.7. The van der Waals surface area contributed by atoms with Crippen molar-refractivity contribution in [1.29, 1.82) is 0 Å². The molecule has 0 aliphatic rings. The van der Waals surface area contributed by atoms with E-state index < -0.39 is 5.97 Å². The predicted molar refractivity (Wildman–Crippen MR) is 116 cm³/mol. The van der Waals surface area contributed by atoms with Crippen LogP contribution < -0.4 is 9.47 Å². The summed E-state index contributed by atoms with van der Waals surface area (Å²) in [4.78, 5) is 12.9. The molecule has 0 saturated heterocycles. The molecule has 0 bridgehead atoms. The van der Waals surface area contributed by atoms with Gasteiger partial charge in [-0.1, -0.05) is 31.2 Å². The molecule has 3 aromatic rings. The molecule has 5 nitrogen and oxygen atoms in total. The van der Waals surface area contributed by atoms with E-state index in [-0.39, 0.29) is 6.79 Å². The molecule has 0 saturated carbocycles. The van der Waals surface area contributed by atoms with E-state index in [9.17, 15) is 9.90 Å². The molecule has 0 fully saturated rings. The van der Waals surface area contributed by atoms with Crippen LogP contribution in [0.1, 0.15) is 22.9 Å². The SMILES string of the molecule is CCc1cccc2c(/C=C(/Cc3cccs3)C(=O)O)cc(OC)c(OCOC)c12. The average molecular weight is 413 g/mol. The molecule has 152 valence electrons. The topological polar surface area (TPSA) is 65.0 Å². The van der Waals surface area contributed by atoms with Gasteiger partial charge in [0, 0.05) is 29.4 Å². The van der Waals surface area contributed by atoms with Crippen LogP contribution in [0.4, 0.5) is 0 Å². The summed E-state index contributed by atoms with van der Waals surface area (Å²) in [7, 11) is 3.14. The third-order valence-corrected chi connectivity index (χ3v) is 5.55. The minimum atomic E-state index is -0.933. The summed E-state index contributed by atoms with van der Waals surface area (Å²) in [6, 6.07) is 11.7. The zero-order valence-corrected chi connectivity index (χ0v) is 17.5. The normalized spacial score (nSPS) is 11.6. The van der Waals surface area contributed by atoms with Crippen LogP contribution in [0.5, 0.6) is 11.5 Å². The maximum atomic E-state index is 11.9. The van der Waals surface area contributed by atoms with Gasteiger partial charge < -0.3 is 19.3 Å². The monoisotopic (exact) mass is 412 g/mol. The zero-order chi connectivity index (χ0) is 20.8. The van der Waals surface area contributed by atoms with Gasteiger partial charge in [-0.05, 0) is 46.5 Å². The maximum Gasteiger partial charge on any atom is 0.331 e. The summed E-state index contributed by atoms with van der Waals surface area (Å²) in [6.45, 7) is 2.17. The molecule has 1 N–H and O–H groups in total. The smallest absolute Gasteiger partial charge is 0.331 e. The first kappa shape index (κ1) is 20.9. The number of fused-ring (bicyclic) bond motifs is 1. The summed E-state index contributed by atoms with van der Waals surface area (Å²) >= 11 is 1.55. The molecule has 0 amide bonds. The lowest BCUT2D eigenvalue weighted by Gasteiger charge is -2.17. The fourth-order valence-electron chi connectivity index (χ4n) is 3.32. The van der Waals surface area contributed by atoms with Gasteiger partial charge in [0.1, 0.15) is 0 Å². The highest BCUT2D eigenvalue weighted by molar-refractivity contribution is 7.09. The first-order valence-electron chi connectivity index (χ1n) is 9.29. The van der Waals surface area contributed by atoms with Crippen LogP contribution in [0, 0.1) is 0 Å². The Labute approximate surface area is 174 Å². The molecule has 0 unspecified atom stereocenters. The Morgan fingerprint density at radius 1 is 1.21 bits per heavy atom. The number of hydrogen-bond acceptors (Lipinski definition) is 5. The van der Waals surface area contributed by atoms with Crippen molar-refractivity contribution in [2.75, 3.05) is 21.0 Å². The highest BCUT2D eigenvalue weighted by Gasteiger charge is 2.18. The lowest BCUT2D eigenvalue weighted by Crippen LogP contribution is -2.05. The van der Waals surface area contributed by atoms with E-state index in [0.29, 0.717) is 23.5 Å². The first-order valence-corrected chi connectivity index (χ1v) is 10.2.